The van der Waals surface area contributed by atoms with Crippen LogP contribution < -0.4 is 5.32 Å². The van der Waals surface area contributed by atoms with Gasteiger partial charge in [0.1, 0.15) is 0 Å². The summed E-state index contributed by atoms with van der Waals surface area (Å²) in [6.45, 7) is 11.1. The Kier molecular flexibility index (Phi) is 9.30. The average Bonchev–Trinajstić information content (AvgIpc) is 2.22. The van der Waals surface area contributed by atoms with E-state index in [1.54, 1.807) is 0 Å². The number of carbonyl (C=O) groups excluding carboxylic acids is 1. The second kappa shape index (κ2) is 9.64. The van der Waals surface area contributed by atoms with Crippen molar-refractivity contribution in [3.8, 4) is 0 Å². The number of nitrogens with zero attached hydrogens (tertiary/aromatic N) is 1. The third-order valence-corrected chi connectivity index (χ3v) is 2.53. The van der Waals surface area contributed by atoms with E-state index in [1.165, 1.54) is 0 Å². The third-order valence-electron chi connectivity index (χ3n) is 2.53. The van der Waals surface area contributed by atoms with Crippen molar-refractivity contribution in [2.75, 3.05) is 19.6 Å². The summed E-state index contributed by atoms with van der Waals surface area (Å²) in [5.41, 5.74) is 0. The largest absolute Gasteiger partial charge is 0.341 e. The number of carbonyl (C=O) groups is 1. The van der Waals surface area contributed by atoms with Gasteiger partial charge in [-0.25, -0.2) is 0 Å². The first-order valence-electron chi connectivity index (χ1n) is 6.62. The molecule has 0 radical (unpaired) electrons. The number of nitrogens with one attached hydrogen (secondary N) is 1. The maximum atomic E-state index is 11.8. The third kappa shape index (κ3) is 7.69. The zero-order valence-corrected chi connectivity index (χ0v) is 11.4. The Balaban J connectivity index is 3.94. The predicted octanol–water partition coefficient (Wildman–Crippen LogP) is 2.41. The lowest BCUT2D eigenvalue weighted by atomic mass is 10.2. The van der Waals surface area contributed by atoms with Crippen molar-refractivity contribution in [1.29, 1.82) is 0 Å². The number of rotatable bonds is 9. The summed E-state index contributed by atoms with van der Waals surface area (Å²) >= 11 is 0. The molecular formula is C13H28N2O. The van der Waals surface area contributed by atoms with Gasteiger partial charge in [-0.1, -0.05) is 34.1 Å². The fourth-order valence-electron chi connectivity index (χ4n) is 1.57. The highest BCUT2D eigenvalue weighted by molar-refractivity contribution is 5.76. The minimum Gasteiger partial charge on any atom is -0.341 e. The van der Waals surface area contributed by atoms with Gasteiger partial charge < -0.3 is 10.2 Å². The van der Waals surface area contributed by atoms with Crippen LogP contribution in [0.5, 0.6) is 0 Å². The van der Waals surface area contributed by atoms with Crippen LogP contribution in [0, 0.1) is 0 Å². The van der Waals surface area contributed by atoms with Crippen molar-refractivity contribution in [2.45, 2.75) is 59.4 Å². The highest BCUT2D eigenvalue weighted by atomic mass is 16.2. The number of hydrogen-bond acceptors (Lipinski definition) is 2. The Hall–Kier alpha value is -0.570. The molecule has 3 heteroatoms. The quantitative estimate of drug-likeness (QED) is 0.657. The van der Waals surface area contributed by atoms with E-state index in [2.05, 4.69) is 33.0 Å². The van der Waals surface area contributed by atoms with Crippen LogP contribution in [0.2, 0.25) is 0 Å². The molecule has 0 rings (SSSR count). The van der Waals surface area contributed by atoms with Gasteiger partial charge in [-0.3, -0.25) is 4.79 Å². The van der Waals surface area contributed by atoms with Gasteiger partial charge in [0.2, 0.25) is 5.91 Å². The molecule has 0 bridgehead atoms. The molecule has 0 spiro atoms. The van der Waals surface area contributed by atoms with Gasteiger partial charge in [0, 0.05) is 32.1 Å². The van der Waals surface area contributed by atoms with E-state index < -0.39 is 0 Å². The molecule has 0 aromatic carbocycles. The minimum absolute atomic E-state index is 0.307. The van der Waals surface area contributed by atoms with Gasteiger partial charge >= 0.3 is 0 Å². The van der Waals surface area contributed by atoms with Crippen molar-refractivity contribution in [3.63, 3.8) is 0 Å². The van der Waals surface area contributed by atoms with E-state index in [9.17, 15) is 4.79 Å². The SMILES string of the molecule is CCCCN(CCNC(C)C)C(=O)CCC. The number of hydrogen-bond donors (Lipinski definition) is 1. The summed E-state index contributed by atoms with van der Waals surface area (Å²) in [6, 6.07) is 0.495. The molecule has 96 valence electrons. The van der Waals surface area contributed by atoms with Crippen LogP contribution in [0.3, 0.4) is 0 Å². The Morgan fingerprint density at radius 2 is 1.88 bits per heavy atom. The molecule has 16 heavy (non-hydrogen) atoms. The molecule has 0 unspecified atom stereocenters. The Labute approximate surface area is 101 Å². The fourth-order valence-corrected chi connectivity index (χ4v) is 1.57. The molecule has 0 aromatic heterocycles. The number of amides is 1. The Morgan fingerprint density at radius 3 is 2.38 bits per heavy atom. The highest BCUT2D eigenvalue weighted by Gasteiger charge is 2.11. The van der Waals surface area contributed by atoms with Gasteiger partial charge in [-0.05, 0) is 12.8 Å². The first kappa shape index (κ1) is 15.4. The summed E-state index contributed by atoms with van der Waals surface area (Å²) in [4.78, 5) is 13.8. The average molecular weight is 228 g/mol. The molecule has 0 saturated heterocycles. The lowest BCUT2D eigenvalue weighted by Crippen LogP contribution is -2.39. The normalized spacial score (nSPS) is 10.8. The van der Waals surface area contributed by atoms with E-state index in [0.29, 0.717) is 18.4 Å². The maximum Gasteiger partial charge on any atom is 0.222 e. The fraction of sp³-hybridized carbons (Fsp3) is 0.923. The highest BCUT2D eigenvalue weighted by Crippen LogP contribution is 2.00. The topological polar surface area (TPSA) is 32.3 Å². The van der Waals surface area contributed by atoms with Gasteiger partial charge in [0.25, 0.3) is 0 Å². The van der Waals surface area contributed by atoms with Crippen LogP contribution in [0.1, 0.15) is 53.4 Å². The molecular weight excluding hydrogens is 200 g/mol. The molecule has 1 amide bonds. The van der Waals surface area contributed by atoms with Crippen LogP contribution in [0.15, 0.2) is 0 Å². The van der Waals surface area contributed by atoms with E-state index in [0.717, 1.165) is 38.9 Å². The summed E-state index contributed by atoms with van der Waals surface area (Å²) in [7, 11) is 0. The van der Waals surface area contributed by atoms with E-state index in [1.807, 2.05) is 4.90 Å². The minimum atomic E-state index is 0.307. The van der Waals surface area contributed by atoms with Gasteiger partial charge in [0.05, 0.1) is 0 Å². The second-order valence-electron chi connectivity index (χ2n) is 4.59. The first-order chi connectivity index (χ1) is 7.61. The Bertz CT molecular complexity index is 181. The molecule has 0 fully saturated rings. The molecule has 3 nitrogen and oxygen atoms in total. The van der Waals surface area contributed by atoms with Crippen molar-refractivity contribution in [3.05, 3.63) is 0 Å². The molecule has 0 aliphatic rings. The predicted molar refractivity (Wildman–Crippen MR) is 69.5 cm³/mol. The number of unbranched alkanes of at least 4 members (excludes halogenated alkanes) is 1. The molecule has 0 atom stereocenters. The van der Waals surface area contributed by atoms with E-state index in [-0.39, 0.29) is 0 Å². The zero-order valence-electron chi connectivity index (χ0n) is 11.4. The Morgan fingerprint density at radius 1 is 1.19 bits per heavy atom. The second-order valence-corrected chi connectivity index (χ2v) is 4.59. The zero-order chi connectivity index (χ0) is 12.4. The van der Waals surface area contributed by atoms with E-state index >= 15 is 0 Å². The lowest BCUT2D eigenvalue weighted by Gasteiger charge is -2.23. The van der Waals surface area contributed by atoms with Gasteiger partial charge in [0.15, 0.2) is 0 Å². The monoisotopic (exact) mass is 228 g/mol. The van der Waals surface area contributed by atoms with Crippen molar-refractivity contribution < 1.29 is 4.79 Å². The molecule has 0 aliphatic heterocycles. The summed E-state index contributed by atoms with van der Waals surface area (Å²) in [5, 5.41) is 3.36. The summed E-state index contributed by atoms with van der Waals surface area (Å²) in [6.07, 6.45) is 3.88. The van der Waals surface area contributed by atoms with Crippen LogP contribution in [0.4, 0.5) is 0 Å². The van der Waals surface area contributed by atoms with Crippen molar-refractivity contribution in [1.82, 2.24) is 10.2 Å². The molecule has 0 aromatic rings. The molecule has 0 aliphatic carbocycles. The van der Waals surface area contributed by atoms with Crippen LogP contribution >= 0.6 is 0 Å². The molecule has 0 saturated carbocycles. The van der Waals surface area contributed by atoms with Gasteiger partial charge in [-0.2, -0.15) is 0 Å². The van der Waals surface area contributed by atoms with Gasteiger partial charge in [-0.15, -0.1) is 0 Å². The van der Waals surface area contributed by atoms with Crippen LogP contribution in [-0.4, -0.2) is 36.5 Å². The first-order valence-corrected chi connectivity index (χ1v) is 6.62. The molecule has 0 heterocycles. The lowest BCUT2D eigenvalue weighted by molar-refractivity contribution is -0.131. The molecule has 1 N–H and O–H groups in total. The van der Waals surface area contributed by atoms with Crippen molar-refractivity contribution in [2.24, 2.45) is 0 Å². The summed E-state index contributed by atoms with van der Waals surface area (Å²) < 4.78 is 0. The van der Waals surface area contributed by atoms with Crippen molar-refractivity contribution >= 4 is 5.91 Å². The van der Waals surface area contributed by atoms with Crippen LogP contribution in [-0.2, 0) is 4.79 Å². The summed E-state index contributed by atoms with van der Waals surface area (Å²) in [5.74, 6) is 0.307. The standard InChI is InChI=1S/C13H28N2O/c1-5-7-10-15(13(16)8-6-2)11-9-14-12(3)4/h12,14H,5-11H2,1-4H3. The smallest absolute Gasteiger partial charge is 0.222 e. The van der Waals surface area contributed by atoms with E-state index in [4.69, 9.17) is 0 Å². The van der Waals surface area contributed by atoms with Crippen LogP contribution in [0.25, 0.3) is 0 Å². The maximum absolute atomic E-state index is 11.8.